The van der Waals surface area contributed by atoms with E-state index in [9.17, 15) is 17.6 Å². The van der Waals surface area contributed by atoms with Crippen molar-refractivity contribution >= 4 is 17.6 Å². The van der Waals surface area contributed by atoms with Crippen molar-refractivity contribution in [3.63, 3.8) is 0 Å². The smallest absolute Gasteiger partial charge is 0.406 e. The summed E-state index contributed by atoms with van der Waals surface area (Å²) in [6, 6.07) is 9.20. The highest BCUT2D eigenvalue weighted by atomic mass is 32.2. The average molecular weight is 386 g/mol. The Morgan fingerprint density at radius 2 is 1.92 bits per heavy atom. The highest BCUT2D eigenvalue weighted by molar-refractivity contribution is 7.97. The number of anilines is 1. The average Bonchev–Trinajstić information content (AvgIpc) is 2.76. The maximum Gasteiger partial charge on any atom is 0.573 e. The van der Waals surface area contributed by atoms with Crippen molar-refractivity contribution in [3.05, 3.63) is 53.3 Å². The Morgan fingerprint density at radius 3 is 2.54 bits per heavy atom. The normalized spacial score (nSPS) is 15.9. The van der Waals surface area contributed by atoms with Crippen LogP contribution in [0.3, 0.4) is 0 Å². The molecule has 0 unspecified atom stereocenters. The van der Waals surface area contributed by atoms with Crippen LogP contribution < -0.4 is 14.8 Å². The van der Waals surface area contributed by atoms with Gasteiger partial charge in [0.15, 0.2) is 0 Å². The first-order chi connectivity index (χ1) is 12.1. The molecule has 8 heteroatoms. The highest BCUT2D eigenvalue weighted by Crippen LogP contribution is 2.43. The number of fused-ring (bicyclic) bond motifs is 1. The molecule has 0 saturated heterocycles. The SMILES string of the molecule is CC1(C)CN(Cc2ccc(SN)c(F)c2)c2ccc(OC(F)(F)F)cc21. The third kappa shape index (κ3) is 3.91. The lowest BCUT2D eigenvalue weighted by Crippen LogP contribution is -2.28. The number of halogens is 4. The second-order valence-electron chi connectivity index (χ2n) is 6.85. The highest BCUT2D eigenvalue weighted by Gasteiger charge is 2.37. The molecule has 140 valence electrons. The first-order valence-corrected chi connectivity index (χ1v) is 8.77. The van der Waals surface area contributed by atoms with Crippen molar-refractivity contribution in [1.29, 1.82) is 0 Å². The van der Waals surface area contributed by atoms with Gasteiger partial charge in [0.25, 0.3) is 0 Å². The monoisotopic (exact) mass is 386 g/mol. The summed E-state index contributed by atoms with van der Waals surface area (Å²) in [5.41, 5.74) is 2.00. The summed E-state index contributed by atoms with van der Waals surface area (Å²) in [7, 11) is 0. The summed E-state index contributed by atoms with van der Waals surface area (Å²) in [4.78, 5) is 2.39. The van der Waals surface area contributed by atoms with Crippen LogP contribution in [0.1, 0.15) is 25.0 Å². The van der Waals surface area contributed by atoms with E-state index in [1.54, 1.807) is 18.2 Å². The molecule has 0 aliphatic carbocycles. The van der Waals surface area contributed by atoms with Crippen LogP contribution in [0.2, 0.25) is 0 Å². The van der Waals surface area contributed by atoms with Gasteiger partial charge in [-0.15, -0.1) is 13.2 Å². The van der Waals surface area contributed by atoms with Gasteiger partial charge in [-0.05, 0) is 53.4 Å². The summed E-state index contributed by atoms with van der Waals surface area (Å²) < 4.78 is 55.4. The Balaban J connectivity index is 1.88. The first kappa shape index (κ1) is 18.8. The molecule has 0 atom stereocenters. The molecule has 2 aromatic carbocycles. The summed E-state index contributed by atoms with van der Waals surface area (Å²) in [5, 5.41) is 5.40. The molecule has 3 rings (SSSR count). The van der Waals surface area contributed by atoms with Crippen molar-refractivity contribution in [3.8, 4) is 5.75 Å². The summed E-state index contributed by atoms with van der Waals surface area (Å²) in [6.07, 6.45) is -4.73. The molecule has 0 radical (unpaired) electrons. The van der Waals surface area contributed by atoms with E-state index >= 15 is 0 Å². The van der Waals surface area contributed by atoms with Crippen LogP contribution in [0, 0.1) is 5.82 Å². The van der Waals surface area contributed by atoms with Crippen molar-refractivity contribution in [2.24, 2.45) is 5.14 Å². The van der Waals surface area contributed by atoms with Gasteiger partial charge in [0.05, 0.1) is 4.90 Å². The minimum atomic E-state index is -4.73. The van der Waals surface area contributed by atoms with E-state index in [0.717, 1.165) is 28.8 Å². The Hall–Kier alpha value is -1.93. The second-order valence-corrected chi connectivity index (χ2v) is 7.52. The molecule has 0 saturated carbocycles. The van der Waals surface area contributed by atoms with Crippen molar-refractivity contribution in [1.82, 2.24) is 0 Å². The lowest BCUT2D eigenvalue weighted by Gasteiger charge is -2.22. The van der Waals surface area contributed by atoms with Gasteiger partial charge < -0.3 is 9.64 Å². The molecule has 2 aromatic rings. The van der Waals surface area contributed by atoms with E-state index in [4.69, 9.17) is 5.14 Å². The predicted octanol–water partition coefficient (Wildman–Crippen LogP) is 4.99. The Morgan fingerprint density at radius 1 is 1.19 bits per heavy atom. The molecule has 0 fully saturated rings. The van der Waals surface area contributed by atoms with E-state index < -0.39 is 6.36 Å². The van der Waals surface area contributed by atoms with Gasteiger partial charge in [0.1, 0.15) is 11.6 Å². The number of ether oxygens (including phenoxy) is 1. The fraction of sp³-hybridized carbons (Fsp3) is 0.333. The molecule has 1 aliphatic rings. The van der Waals surface area contributed by atoms with Gasteiger partial charge in [-0.3, -0.25) is 5.14 Å². The van der Waals surface area contributed by atoms with Crippen LogP contribution in [0.15, 0.2) is 41.3 Å². The third-order valence-corrected chi connectivity index (χ3v) is 4.94. The molecule has 0 spiro atoms. The fourth-order valence-corrected chi connectivity index (χ4v) is 3.60. The zero-order valence-electron chi connectivity index (χ0n) is 14.2. The van der Waals surface area contributed by atoms with E-state index in [1.807, 2.05) is 18.7 Å². The molecule has 3 nitrogen and oxygen atoms in total. The minimum absolute atomic E-state index is 0.235. The fourth-order valence-electron chi connectivity index (χ4n) is 3.28. The number of nitrogens with zero attached hydrogens (tertiary/aromatic N) is 1. The predicted molar refractivity (Wildman–Crippen MR) is 93.6 cm³/mol. The lowest BCUT2D eigenvalue weighted by molar-refractivity contribution is -0.274. The largest absolute Gasteiger partial charge is 0.573 e. The molecule has 0 amide bonds. The minimum Gasteiger partial charge on any atom is -0.406 e. The summed E-state index contributed by atoms with van der Waals surface area (Å²) >= 11 is 0.847. The molecular formula is C18H18F4N2OS. The van der Waals surface area contributed by atoms with E-state index in [2.05, 4.69) is 4.74 Å². The van der Waals surface area contributed by atoms with Gasteiger partial charge in [-0.1, -0.05) is 19.9 Å². The van der Waals surface area contributed by atoms with Crippen LogP contribution in [0.4, 0.5) is 23.2 Å². The number of nitrogens with two attached hydrogens (primary N) is 1. The third-order valence-electron chi connectivity index (χ3n) is 4.35. The first-order valence-electron chi connectivity index (χ1n) is 7.89. The van der Waals surface area contributed by atoms with Crippen LogP contribution in [-0.4, -0.2) is 12.9 Å². The van der Waals surface area contributed by atoms with Crippen molar-refractivity contribution < 1.29 is 22.3 Å². The standard InChI is InChI=1S/C18H18F4N2OS/c1-17(2)10-24(9-11-3-6-16(26-23)14(19)7-11)15-5-4-12(8-13(15)17)25-18(20,21)22/h3-8H,9-10,23H2,1-2H3. The maximum absolute atomic E-state index is 13.9. The Kier molecular flexibility index (Phi) is 4.83. The summed E-state index contributed by atoms with van der Waals surface area (Å²) in [5.74, 6) is -0.621. The molecule has 0 bridgehead atoms. The van der Waals surface area contributed by atoms with E-state index in [1.165, 1.54) is 18.2 Å². The van der Waals surface area contributed by atoms with Gasteiger partial charge >= 0.3 is 6.36 Å². The quantitative estimate of drug-likeness (QED) is 0.594. The number of rotatable bonds is 4. The number of hydrogen-bond acceptors (Lipinski definition) is 4. The number of benzene rings is 2. The molecule has 1 aliphatic heterocycles. The molecular weight excluding hydrogens is 368 g/mol. The van der Waals surface area contributed by atoms with Crippen molar-refractivity contribution in [2.45, 2.75) is 37.1 Å². The van der Waals surface area contributed by atoms with Gasteiger partial charge in [-0.25, -0.2) is 4.39 Å². The molecule has 1 heterocycles. The van der Waals surface area contributed by atoms with E-state index in [0.29, 0.717) is 18.0 Å². The van der Waals surface area contributed by atoms with Gasteiger partial charge in [0, 0.05) is 24.2 Å². The maximum atomic E-state index is 13.9. The molecule has 2 N–H and O–H groups in total. The topological polar surface area (TPSA) is 38.5 Å². The van der Waals surface area contributed by atoms with E-state index in [-0.39, 0.29) is 17.0 Å². The molecule has 26 heavy (non-hydrogen) atoms. The van der Waals surface area contributed by atoms with Crippen LogP contribution in [0.5, 0.6) is 5.75 Å². The number of alkyl halides is 3. The lowest BCUT2D eigenvalue weighted by atomic mass is 9.87. The van der Waals surface area contributed by atoms with Gasteiger partial charge in [0.2, 0.25) is 0 Å². The Labute approximate surface area is 153 Å². The van der Waals surface area contributed by atoms with Gasteiger partial charge in [-0.2, -0.15) is 0 Å². The second kappa shape index (κ2) is 6.66. The van der Waals surface area contributed by atoms with Crippen LogP contribution >= 0.6 is 11.9 Å². The summed E-state index contributed by atoms with van der Waals surface area (Å²) in [6.45, 7) is 4.96. The van der Waals surface area contributed by atoms with Crippen LogP contribution in [-0.2, 0) is 12.0 Å². The van der Waals surface area contributed by atoms with Crippen LogP contribution in [0.25, 0.3) is 0 Å². The zero-order valence-corrected chi connectivity index (χ0v) is 15.0. The van der Waals surface area contributed by atoms with Crippen molar-refractivity contribution in [2.75, 3.05) is 11.4 Å². The zero-order chi connectivity index (χ0) is 19.1. The molecule has 0 aromatic heterocycles. The Bertz CT molecular complexity index is 823. The number of hydrogen-bond donors (Lipinski definition) is 1.